The number of aldehydes is 1. The fourth-order valence-electron chi connectivity index (χ4n) is 17.6. The number of carbonyl (C=O) groups excluding carboxylic acids is 3. The van der Waals surface area contributed by atoms with E-state index in [9.17, 15) is 34.8 Å². The second-order valence-corrected chi connectivity index (χ2v) is 20.6. The average molecular weight is 772 g/mol. The van der Waals surface area contributed by atoms with Crippen LogP contribution in [-0.2, 0) is 29.3 Å². The van der Waals surface area contributed by atoms with Gasteiger partial charge in [0, 0.05) is 55.3 Å². The van der Waals surface area contributed by atoms with Crippen LogP contribution < -0.4 is 4.90 Å². The number of hydrogen-bond donors (Lipinski definition) is 4. The zero-order chi connectivity index (χ0) is 38.9. The van der Waals surface area contributed by atoms with Crippen molar-refractivity contribution in [3.8, 4) is 0 Å². The van der Waals surface area contributed by atoms with Gasteiger partial charge in [-0.1, -0.05) is 32.0 Å². The van der Waals surface area contributed by atoms with Gasteiger partial charge in [-0.15, -0.1) is 0 Å². The van der Waals surface area contributed by atoms with Crippen LogP contribution in [0.5, 0.6) is 0 Å². The fraction of sp³-hybridized carbons (Fsp3) is 0.756. The zero-order valence-electron chi connectivity index (χ0n) is 33.0. The largest absolute Gasteiger partial charge is 0.458 e. The molecule has 1 spiro atoms. The van der Waals surface area contributed by atoms with Crippen molar-refractivity contribution < 1.29 is 48.8 Å². The molecule has 5 bridgehead atoms. The molecule has 302 valence electrons. The second kappa shape index (κ2) is 11.5. The summed E-state index contributed by atoms with van der Waals surface area (Å²) < 4.78 is 11.9. The SMILES string of the molecule is CC[C@H]1[C@H]2C[C@H]3[C@@H]4N(C)c5ccccc5[C@]45C[C@@H]([C@@H]2[C@@H]5O)[N@@+]3(CC(=O)O[C@H]2CC[C@]3(C=O)[C@H]4CC[C@]5(C)[C@@H](C6=CC(=O)OC6)CC[C@]5(O)[C@@H]4CC[C@]3(O)C2)[C@@H]1O. The van der Waals surface area contributed by atoms with E-state index in [1.54, 1.807) is 6.08 Å². The first-order valence-corrected chi connectivity index (χ1v) is 21.8. The van der Waals surface area contributed by atoms with Gasteiger partial charge in [0.15, 0.2) is 12.8 Å². The number of benzene rings is 1. The Hall–Kier alpha value is -2.83. The van der Waals surface area contributed by atoms with Gasteiger partial charge < -0.3 is 39.6 Å². The Morgan fingerprint density at radius 1 is 1.04 bits per heavy atom. The number of carbonyl (C=O) groups is 3. The maximum atomic E-state index is 14.5. The molecule has 1 aromatic carbocycles. The minimum Gasteiger partial charge on any atom is -0.458 e. The van der Waals surface area contributed by atoms with Crippen molar-refractivity contribution in [2.24, 2.45) is 46.3 Å². The molecule has 4 N–H and O–H groups in total. The number of aliphatic hydroxyl groups is 4. The summed E-state index contributed by atoms with van der Waals surface area (Å²) >= 11 is 0. The number of hydrogen-bond acceptors (Lipinski definition) is 10. The molecule has 11 heteroatoms. The Labute approximate surface area is 329 Å². The number of esters is 2. The molecular weight excluding hydrogens is 713 g/mol. The van der Waals surface area contributed by atoms with E-state index in [1.165, 1.54) is 5.56 Å². The molecule has 11 nitrogen and oxygen atoms in total. The van der Waals surface area contributed by atoms with E-state index in [4.69, 9.17) is 9.47 Å². The number of aliphatic hydroxyl groups excluding tert-OH is 2. The molecule has 56 heavy (non-hydrogen) atoms. The topological polar surface area (TPSA) is 154 Å². The molecule has 0 amide bonds. The van der Waals surface area contributed by atoms with Crippen molar-refractivity contribution in [3.05, 3.63) is 41.5 Å². The maximum Gasteiger partial charge on any atom is 0.362 e. The van der Waals surface area contributed by atoms with Crippen molar-refractivity contribution in [2.75, 3.05) is 25.1 Å². The fourth-order valence-corrected chi connectivity index (χ4v) is 17.6. The van der Waals surface area contributed by atoms with Crippen molar-refractivity contribution in [1.29, 1.82) is 0 Å². The van der Waals surface area contributed by atoms with E-state index in [1.807, 2.05) is 6.07 Å². The monoisotopic (exact) mass is 771 g/mol. The third kappa shape index (κ3) is 3.92. The van der Waals surface area contributed by atoms with E-state index in [0.717, 1.165) is 43.2 Å². The summed E-state index contributed by atoms with van der Waals surface area (Å²) in [6.07, 6.45) is 7.72. The van der Waals surface area contributed by atoms with Gasteiger partial charge in [-0.25, -0.2) is 9.59 Å². The van der Waals surface area contributed by atoms with Gasteiger partial charge >= 0.3 is 11.9 Å². The lowest BCUT2D eigenvalue weighted by atomic mass is 9.41. The maximum absolute atomic E-state index is 14.5. The molecule has 6 heterocycles. The Balaban J connectivity index is 0.854. The Morgan fingerprint density at radius 2 is 1.82 bits per heavy atom. The molecule has 5 aliphatic carbocycles. The molecule has 9 fully saturated rings. The summed E-state index contributed by atoms with van der Waals surface area (Å²) in [5.74, 6) is -0.852. The number of fused-ring (bicyclic) bond motifs is 7. The smallest absolute Gasteiger partial charge is 0.362 e. The highest BCUT2D eigenvalue weighted by molar-refractivity contribution is 5.85. The number of rotatable bonds is 6. The van der Waals surface area contributed by atoms with Crippen LogP contribution in [0.2, 0.25) is 0 Å². The lowest BCUT2D eigenvalue weighted by molar-refractivity contribution is -1.03. The number of quaternary nitrogens is 1. The summed E-state index contributed by atoms with van der Waals surface area (Å²) in [5, 5.41) is 50.1. The zero-order valence-corrected chi connectivity index (χ0v) is 33.0. The molecule has 4 saturated heterocycles. The summed E-state index contributed by atoms with van der Waals surface area (Å²) in [5.41, 5.74) is -1.04. The van der Waals surface area contributed by atoms with E-state index in [2.05, 4.69) is 44.0 Å². The molecule has 11 aliphatic rings. The standard InChI is InChI=1S/C45H59N2O9/c1-4-26-27-18-33-38-44(31-7-5-6-8-32(31)46(38)3)20-34(37(27)39(44)51)47(33,40(26)52)21-36(50)56-25-9-14-42(23-48)29-10-13-41(2)28(24-17-35(49)55-22-24)12-16-45(41,54)30(29)11-15-43(42,53)19-25/h5-8,17,23,25-30,33-34,37-40,51-54H,4,9-16,18-22H2,1-3H3/q+1/t25-,26-,27+,28+,29-,30+,33-,34-,37+,38-,39-,40+,41+,42-,43-,44+,45-,47-/m0/s1. The first-order valence-electron chi connectivity index (χ1n) is 21.8. The van der Waals surface area contributed by atoms with Gasteiger partial charge in [0.1, 0.15) is 25.0 Å². The number of nitrogens with zero attached hydrogens (tertiary/aromatic N) is 2. The number of anilines is 1. The number of para-hydroxylation sites is 1. The van der Waals surface area contributed by atoms with Crippen LogP contribution in [-0.4, -0.2) is 111 Å². The predicted octanol–water partition coefficient (Wildman–Crippen LogP) is 3.53. The molecule has 0 radical (unpaired) electrons. The van der Waals surface area contributed by atoms with Gasteiger partial charge in [-0.05, 0) is 98.7 Å². The Morgan fingerprint density at radius 3 is 2.57 bits per heavy atom. The van der Waals surface area contributed by atoms with E-state index >= 15 is 0 Å². The number of piperidine rings is 4. The third-order valence-corrected chi connectivity index (χ3v) is 19.6. The average Bonchev–Trinajstić information content (AvgIpc) is 3.86. The molecule has 5 saturated carbocycles. The highest BCUT2D eigenvalue weighted by atomic mass is 16.5. The first-order chi connectivity index (χ1) is 26.7. The van der Waals surface area contributed by atoms with Crippen LogP contribution in [0.25, 0.3) is 0 Å². The lowest BCUT2D eigenvalue weighted by Crippen LogP contribution is -2.83. The summed E-state index contributed by atoms with van der Waals surface area (Å²) in [7, 11) is 2.11. The summed E-state index contributed by atoms with van der Waals surface area (Å²) in [6, 6.07) is 8.28. The molecule has 1 aromatic rings. The van der Waals surface area contributed by atoms with Crippen LogP contribution in [0.1, 0.15) is 96.5 Å². The number of ether oxygens (including phenoxy) is 2. The molecule has 6 aliphatic heterocycles. The lowest BCUT2D eigenvalue weighted by Gasteiger charge is -2.67. The normalized spacial score (nSPS) is 54.1. The highest BCUT2D eigenvalue weighted by Gasteiger charge is 2.83. The van der Waals surface area contributed by atoms with Crippen LogP contribution >= 0.6 is 0 Å². The minimum atomic E-state index is -1.37. The van der Waals surface area contributed by atoms with Gasteiger partial charge in [0.2, 0.25) is 0 Å². The van der Waals surface area contributed by atoms with Gasteiger partial charge in [0.25, 0.3) is 0 Å². The second-order valence-electron chi connectivity index (χ2n) is 20.6. The van der Waals surface area contributed by atoms with Gasteiger partial charge in [0.05, 0.1) is 40.2 Å². The highest BCUT2D eigenvalue weighted by Crippen LogP contribution is 2.73. The molecule has 0 aromatic heterocycles. The molecule has 0 unspecified atom stereocenters. The van der Waals surface area contributed by atoms with Crippen molar-refractivity contribution in [3.63, 3.8) is 0 Å². The molecule has 12 rings (SSSR count). The van der Waals surface area contributed by atoms with E-state index < -0.39 is 45.9 Å². The first kappa shape index (κ1) is 36.3. The van der Waals surface area contributed by atoms with E-state index in [-0.39, 0.29) is 89.6 Å². The van der Waals surface area contributed by atoms with Crippen molar-refractivity contribution >= 4 is 23.9 Å². The van der Waals surface area contributed by atoms with E-state index in [0.29, 0.717) is 44.9 Å². The Kier molecular flexibility index (Phi) is 7.42. The summed E-state index contributed by atoms with van der Waals surface area (Å²) in [6.45, 7) is 4.56. The number of cyclic esters (lactones) is 1. The Bertz CT molecular complexity index is 1940. The third-order valence-electron chi connectivity index (χ3n) is 19.6. The van der Waals surface area contributed by atoms with Crippen LogP contribution in [0.3, 0.4) is 0 Å². The molecular formula is C45H59N2O9+. The quantitative estimate of drug-likeness (QED) is 0.192. The van der Waals surface area contributed by atoms with Gasteiger partial charge in [-0.3, -0.25) is 4.48 Å². The predicted molar refractivity (Wildman–Crippen MR) is 202 cm³/mol. The number of likely N-dealkylation sites (N-methyl/N-ethyl adjacent to an activating group) is 1. The van der Waals surface area contributed by atoms with Crippen LogP contribution in [0.15, 0.2) is 35.9 Å². The molecule has 18 atom stereocenters. The minimum absolute atomic E-state index is 0.0104. The van der Waals surface area contributed by atoms with Crippen molar-refractivity contribution in [2.45, 2.75) is 144 Å². The van der Waals surface area contributed by atoms with Crippen LogP contribution in [0, 0.1) is 46.3 Å². The van der Waals surface area contributed by atoms with Crippen molar-refractivity contribution in [1.82, 2.24) is 0 Å². The van der Waals surface area contributed by atoms with Crippen LogP contribution in [0.4, 0.5) is 5.69 Å². The van der Waals surface area contributed by atoms with Gasteiger partial charge in [-0.2, -0.15) is 0 Å². The summed E-state index contributed by atoms with van der Waals surface area (Å²) in [4.78, 5) is 42.3.